The number of carbonyl (C=O) groups excluding carboxylic acids is 2. The van der Waals surface area contributed by atoms with Crippen molar-refractivity contribution >= 4 is 23.2 Å². The smallest absolute Gasteiger partial charge is 0.247 e. The SMILES string of the molecule is COc1ccc(NC(=O)[C@@H]2Cc3ccccc3N2C(C)=O)c(C)n1. The molecule has 0 fully saturated rings. The Morgan fingerprint density at radius 3 is 2.67 bits per heavy atom. The Morgan fingerprint density at radius 1 is 1.25 bits per heavy atom. The third kappa shape index (κ3) is 2.82. The average molecular weight is 325 g/mol. The molecule has 0 radical (unpaired) electrons. The lowest BCUT2D eigenvalue weighted by Crippen LogP contribution is -2.44. The lowest BCUT2D eigenvalue weighted by molar-refractivity contribution is -0.122. The molecule has 6 nitrogen and oxygen atoms in total. The fourth-order valence-electron chi connectivity index (χ4n) is 2.98. The predicted molar refractivity (Wildman–Crippen MR) is 91.2 cm³/mol. The van der Waals surface area contributed by atoms with Gasteiger partial charge in [0.2, 0.25) is 17.7 Å². The van der Waals surface area contributed by atoms with Gasteiger partial charge in [0.05, 0.1) is 18.5 Å². The van der Waals surface area contributed by atoms with Crippen LogP contribution in [-0.2, 0) is 16.0 Å². The Bertz CT molecular complexity index is 804. The molecule has 0 saturated carbocycles. The Kier molecular flexibility index (Phi) is 4.20. The standard InChI is InChI=1S/C18H19N3O3/c1-11-14(8-9-17(19-11)24-3)20-18(23)16-10-13-6-4-5-7-15(13)21(16)12(2)22/h4-9,16H,10H2,1-3H3,(H,20,23)/t16-/m0/s1. The van der Waals surface area contributed by atoms with E-state index in [9.17, 15) is 9.59 Å². The van der Waals surface area contributed by atoms with Crippen LogP contribution in [0, 0.1) is 6.92 Å². The van der Waals surface area contributed by atoms with Crippen molar-refractivity contribution in [3.05, 3.63) is 47.7 Å². The Morgan fingerprint density at radius 2 is 2.00 bits per heavy atom. The average Bonchev–Trinajstić information content (AvgIpc) is 2.96. The molecular formula is C18H19N3O3. The van der Waals surface area contributed by atoms with Gasteiger partial charge in [-0.25, -0.2) is 4.98 Å². The zero-order valence-corrected chi connectivity index (χ0v) is 13.9. The number of benzene rings is 1. The van der Waals surface area contributed by atoms with E-state index in [-0.39, 0.29) is 11.8 Å². The summed E-state index contributed by atoms with van der Waals surface area (Å²) < 4.78 is 5.07. The number of methoxy groups -OCH3 is 1. The van der Waals surface area contributed by atoms with Gasteiger partial charge in [0, 0.05) is 25.1 Å². The van der Waals surface area contributed by atoms with E-state index in [1.165, 1.54) is 6.92 Å². The number of fused-ring (bicyclic) bond motifs is 1. The van der Waals surface area contributed by atoms with Crippen LogP contribution in [0.4, 0.5) is 11.4 Å². The van der Waals surface area contributed by atoms with Gasteiger partial charge in [-0.1, -0.05) is 18.2 Å². The number of hydrogen-bond acceptors (Lipinski definition) is 4. The van der Waals surface area contributed by atoms with Gasteiger partial charge in [0.25, 0.3) is 0 Å². The molecule has 1 aromatic heterocycles. The first-order valence-corrected chi connectivity index (χ1v) is 7.71. The zero-order valence-electron chi connectivity index (χ0n) is 13.9. The molecule has 2 heterocycles. The van der Waals surface area contributed by atoms with E-state index in [2.05, 4.69) is 10.3 Å². The second-order valence-electron chi connectivity index (χ2n) is 5.71. The number of hydrogen-bond donors (Lipinski definition) is 1. The predicted octanol–water partition coefficient (Wildman–Crippen LogP) is 2.31. The maximum atomic E-state index is 12.7. The highest BCUT2D eigenvalue weighted by Gasteiger charge is 2.36. The molecule has 0 saturated heterocycles. The van der Waals surface area contributed by atoms with Gasteiger partial charge in [-0.3, -0.25) is 14.5 Å². The molecule has 0 bridgehead atoms. The van der Waals surface area contributed by atoms with Crippen LogP contribution >= 0.6 is 0 Å². The minimum absolute atomic E-state index is 0.148. The van der Waals surface area contributed by atoms with Gasteiger partial charge in [0.1, 0.15) is 6.04 Å². The van der Waals surface area contributed by atoms with Crippen LogP contribution in [0.5, 0.6) is 5.88 Å². The Labute approximate surface area is 140 Å². The van der Waals surface area contributed by atoms with Gasteiger partial charge in [-0.05, 0) is 24.6 Å². The largest absolute Gasteiger partial charge is 0.481 e. The van der Waals surface area contributed by atoms with Gasteiger partial charge in [-0.2, -0.15) is 0 Å². The van der Waals surface area contributed by atoms with Crippen molar-refractivity contribution in [2.45, 2.75) is 26.3 Å². The van der Waals surface area contributed by atoms with Crippen LogP contribution < -0.4 is 15.0 Å². The molecule has 0 aliphatic carbocycles. The number of nitrogens with one attached hydrogen (secondary N) is 1. The number of carbonyl (C=O) groups is 2. The van der Waals surface area contributed by atoms with E-state index in [1.54, 1.807) is 31.1 Å². The van der Waals surface area contributed by atoms with Crippen LogP contribution in [-0.4, -0.2) is 29.9 Å². The first kappa shape index (κ1) is 16.0. The Balaban J connectivity index is 1.84. The summed E-state index contributed by atoms with van der Waals surface area (Å²) in [5, 5.41) is 2.87. The van der Waals surface area contributed by atoms with Gasteiger partial charge < -0.3 is 10.1 Å². The summed E-state index contributed by atoms with van der Waals surface area (Å²) in [4.78, 5) is 30.6. The lowest BCUT2D eigenvalue weighted by Gasteiger charge is -2.23. The number of aryl methyl sites for hydroxylation is 1. The molecule has 1 aromatic carbocycles. The summed E-state index contributed by atoms with van der Waals surface area (Å²) in [6, 6.07) is 10.5. The quantitative estimate of drug-likeness (QED) is 0.940. The molecule has 3 rings (SSSR count). The topological polar surface area (TPSA) is 71.5 Å². The zero-order chi connectivity index (χ0) is 17.3. The third-order valence-corrected chi connectivity index (χ3v) is 4.15. The van der Waals surface area contributed by atoms with Crippen molar-refractivity contribution in [2.75, 3.05) is 17.3 Å². The fraction of sp³-hybridized carbons (Fsp3) is 0.278. The van der Waals surface area contributed by atoms with E-state index < -0.39 is 6.04 Å². The van der Waals surface area contributed by atoms with E-state index in [1.807, 2.05) is 24.3 Å². The first-order valence-electron chi connectivity index (χ1n) is 7.71. The number of para-hydroxylation sites is 1. The molecule has 6 heteroatoms. The molecule has 1 atom stereocenters. The number of pyridine rings is 1. The highest BCUT2D eigenvalue weighted by molar-refractivity contribution is 6.06. The van der Waals surface area contributed by atoms with Crippen LogP contribution in [0.15, 0.2) is 36.4 Å². The number of amides is 2. The summed E-state index contributed by atoms with van der Waals surface area (Å²) in [5.41, 5.74) is 3.07. The number of nitrogens with zero attached hydrogens (tertiary/aromatic N) is 2. The van der Waals surface area contributed by atoms with E-state index >= 15 is 0 Å². The number of anilines is 2. The second-order valence-corrected chi connectivity index (χ2v) is 5.71. The van der Waals surface area contributed by atoms with Gasteiger partial charge in [0.15, 0.2) is 0 Å². The summed E-state index contributed by atoms with van der Waals surface area (Å²) in [5.74, 6) is 0.116. The van der Waals surface area contributed by atoms with E-state index in [4.69, 9.17) is 4.74 Å². The van der Waals surface area contributed by atoms with Crippen molar-refractivity contribution < 1.29 is 14.3 Å². The van der Waals surface area contributed by atoms with E-state index in [0.29, 0.717) is 23.7 Å². The van der Waals surface area contributed by atoms with Crippen LogP contribution in [0.2, 0.25) is 0 Å². The molecule has 0 unspecified atom stereocenters. The van der Waals surface area contributed by atoms with Crippen molar-refractivity contribution in [1.29, 1.82) is 0 Å². The normalized spacial score (nSPS) is 15.8. The van der Waals surface area contributed by atoms with Crippen LogP contribution in [0.3, 0.4) is 0 Å². The highest BCUT2D eigenvalue weighted by atomic mass is 16.5. The fourth-order valence-corrected chi connectivity index (χ4v) is 2.98. The summed E-state index contributed by atoms with van der Waals surface area (Å²) in [6.07, 6.45) is 0.504. The first-order chi connectivity index (χ1) is 11.5. The molecule has 24 heavy (non-hydrogen) atoms. The second kappa shape index (κ2) is 6.31. The highest BCUT2D eigenvalue weighted by Crippen LogP contribution is 2.32. The molecule has 124 valence electrons. The van der Waals surface area contributed by atoms with Crippen molar-refractivity contribution in [1.82, 2.24) is 4.98 Å². The van der Waals surface area contributed by atoms with Gasteiger partial charge in [-0.15, -0.1) is 0 Å². The molecule has 1 aliphatic heterocycles. The molecule has 0 spiro atoms. The molecule has 1 aliphatic rings. The maximum Gasteiger partial charge on any atom is 0.247 e. The number of aromatic nitrogens is 1. The molecule has 2 amide bonds. The summed E-state index contributed by atoms with van der Waals surface area (Å²) in [6.45, 7) is 3.27. The van der Waals surface area contributed by atoms with Crippen LogP contribution in [0.1, 0.15) is 18.2 Å². The number of ether oxygens (including phenoxy) is 1. The van der Waals surface area contributed by atoms with E-state index in [0.717, 1.165) is 11.3 Å². The maximum absolute atomic E-state index is 12.7. The minimum atomic E-state index is -0.554. The van der Waals surface area contributed by atoms with Gasteiger partial charge >= 0.3 is 0 Å². The molecule has 1 N–H and O–H groups in total. The monoisotopic (exact) mass is 325 g/mol. The van der Waals surface area contributed by atoms with Crippen LogP contribution in [0.25, 0.3) is 0 Å². The summed E-state index contributed by atoms with van der Waals surface area (Å²) in [7, 11) is 1.54. The third-order valence-electron chi connectivity index (χ3n) is 4.15. The number of rotatable bonds is 3. The molecular weight excluding hydrogens is 306 g/mol. The van der Waals surface area contributed by atoms with Crippen molar-refractivity contribution in [2.24, 2.45) is 0 Å². The lowest BCUT2D eigenvalue weighted by atomic mass is 10.1. The summed E-state index contributed by atoms with van der Waals surface area (Å²) >= 11 is 0. The molecule has 2 aromatic rings. The minimum Gasteiger partial charge on any atom is -0.481 e. The van der Waals surface area contributed by atoms with Crippen molar-refractivity contribution in [3.63, 3.8) is 0 Å². The van der Waals surface area contributed by atoms with Crippen molar-refractivity contribution in [3.8, 4) is 5.88 Å². The Hall–Kier alpha value is -2.89.